The van der Waals surface area contributed by atoms with Crippen LogP contribution in [0.25, 0.3) is 0 Å². The van der Waals surface area contributed by atoms with E-state index in [9.17, 15) is 9.59 Å². The van der Waals surface area contributed by atoms with Crippen molar-refractivity contribution in [2.75, 3.05) is 6.61 Å². The molecule has 0 amide bonds. The molecular weight excluding hydrogens is 200 g/mol. The number of aliphatic carboxylic acids is 1. The smallest absolute Gasteiger partial charge is 0.325 e. The van der Waals surface area contributed by atoms with Gasteiger partial charge in [0.1, 0.15) is 12.1 Å². The Morgan fingerprint density at radius 2 is 1.93 bits per heavy atom. The van der Waals surface area contributed by atoms with Crippen molar-refractivity contribution in [3.63, 3.8) is 0 Å². The maximum absolute atomic E-state index is 11.2. The minimum absolute atomic E-state index is 0.295. The van der Waals surface area contributed by atoms with Crippen molar-refractivity contribution in [3.8, 4) is 0 Å². The van der Waals surface area contributed by atoms with E-state index in [0.717, 1.165) is 6.42 Å². The molecule has 6 nitrogen and oxygen atoms in total. The van der Waals surface area contributed by atoms with Gasteiger partial charge in [0.2, 0.25) is 0 Å². The number of carbonyl (C=O) groups excluding carboxylic acids is 1. The molecule has 2 unspecified atom stereocenters. The molecule has 86 valence electrons. The topological polar surface area (TPSA) is 116 Å². The molecular formula is C9H16N2O4. The summed E-state index contributed by atoms with van der Waals surface area (Å²) in [4.78, 5) is 21.6. The van der Waals surface area contributed by atoms with Crippen LogP contribution in [0.1, 0.15) is 19.3 Å². The molecule has 0 aromatic rings. The van der Waals surface area contributed by atoms with Crippen LogP contribution in [-0.4, -0.2) is 35.7 Å². The fourth-order valence-corrected chi connectivity index (χ4v) is 1.13. The third-order valence-corrected chi connectivity index (χ3v) is 2.41. The second-order valence-corrected chi connectivity index (χ2v) is 3.79. The lowest BCUT2D eigenvalue weighted by Crippen LogP contribution is -2.52. The van der Waals surface area contributed by atoms with Gasteiger partial charge in [0.15, 0.2) is 0 Å². The fraction of sp³-hybridized carbons (Fsp3) is 0.778. The van der Waals surface area contributed by atoms with E-state index < -0.39 is 24.0 Å². The summed E-state index contributed by atoms with van der Waals surface area (Å²) in [7, 11) is 0. The molecule has 0 saturated heterocycles. The highest BCUT2D eigenvalue weighted by molar-refractivity contribution is 5.85. The van der Waals surface area contributed by atoms with Crippen LogP contribution in [0.4, 0.5) is 0 Å². The monoisotopic (exact) mass is 216 g/mol. The molecule has 15 heavy (non-hydrogen) atoms. The summed E-state index contributed by atoms with van der Waals surface area (Å²) < 4.78 is 4.82. The highest BCUT2D eigenvalue weighted by atomic mass is 16.5. The van der Waals surface area contributed by atoms with Crippen LogP contribution in [0.15, 0.2) is 0 Å². The number of carboxylic acids is 1. The standard InChI is InChI=1S/C9H16N2O4/c10-6(8(12)13)7(11)9(14)15-4-3-5-1-2-5/h5-7H,1-4,10-11H2,(H,12,13). The van der Waals surface area contributed by atoms with Gasteiger partial charge in [-0.15, -0.1) is 0 Å². The Labute approximate surface area is 87.6 Å². The van der Waals surface area contributed by atoms with E-state index in [1.54, 1.807) is 0 Å². The quantitative estimate of drug-likeness (QED) is 0.494. The summed E-state index contributed by atoms with van der Waals surface area (Å²) in [5, 5.41) is 8.51. The van der Waals surface area contributed by atoms with Gasteiger partial charge >= 0.3 is 11.9 Å². The first-order valence-electron chi connectivity index (χ1n) is 4.93. The van der Waals surface area contributed by atoms with Crippen LogP contribution < -0.4 is 11.5 Å². The van der Waals surface area contributed by atoms with Gasteiger partial charge in [0, 0.05) is 0 Å². The summed E-state index contributed by atoms with van der Waals surface area (Å²) in [5.74, 6) is -1.39. The molecule has 0 aromatic heterocycles. The minimum atomic E-state index is -1.40. The van der Waals surface area contributed by atoms with E-state index in [0.29, 0.717) is 12.5 Å². The number of hydrogen-bond donors (Lipinski definition) is 3. The lowest BCUT2D eigenvalue weighted by Gasteiger charge is -2.14. The number of esters is 1. The maximum Gasteiger partial charge on any atom is 0.325 e. The SMILES string of the molecule is NC(C(=O)O)C(N)C(=O)OCCC1CC1. The Kier molecular flexibility index (Phi) is 4.05. The van der Waals surface area contributed by atoms with Gasteiger partial charge < -0.3 is 21.3 Å². The predicted octanol–water partition coefficient (Wildman–Crippen LogP) is -0.931. The summed E-state index contributed by atoms with van der Waals surface area (Å²) in [6.45, 7) is 0.295. The molecule has 1 rings (SSSR count). The van der Waals surface area contributed by atoms with Crippen molar-refractivity contribution in [3.05, 3.63) is 0 Å². The first kappa shape index (κ1) is 11.9. The van der Waals surface area contributed by atoms with E-state index in [4.69, 9.17) is 21.3 Å². The molecule has 0 aliphatic heterocycles. The minimum Gasteiger partial charge on any atom is -0.480 e. The van der Waals surface area contributed by atoms with Gasteiger partial charge in [0.25, 0.3) is 0 Å². The fourth-order valence-electron chi connectivity index (χ4n) is 1.13. The first-order valence-corrected chi connectivity index (χ1v) is 4.93. The van der Waals surface area contributed by atoms with E-state index >= 15 is 0 Å². The van der Waals surface area contributed by atoms with Gasteiger partial charge in [-0.1, -0.05) is 12.8 Å². The Morgan fingerprint density at radius 1 is 1.33 bits per heavy atom. The van der Waals surface area contributed by atoms with Crippen LogP contribution in [-0.2, 0) is 14.3 Å². The van der Waals surface area contributed by atoms with Gasteiger partial charge in [-0.25, -0.2) is 0 Å². The van der Waals surface area contributed by atoms with Crippen LogP contribution in [0.2, 0.25) is 0 Å². The molecule has 2 atom stereocenters. The van der Waals surface area contributed by atoms with Gasteiger partial charge in [-0.2, -0.15) is 0 Å². The lowest BCUT2D eigenvalue weighted by atomic mass is 10.1. The molecule has 0 heterocycles. The zero-order valence-corrected chi connectivity index (χ0v) is 8.39. The van der Waals surface area contributed by atoms with Crippen LogP contribution in [0.5, 0.6) is 0 Å². The van der Waals surface area contributed by atoms with E-state index in [1.165, 1.54) is 12.8 Å². The number of rotatable bonds is 6. The number of nitrogens with two attached hydrogens (primary N) is 2. The zero-order valence-electron chi connectivity index (χ0n) is 8.39. The Morgan fingerprint density at radius 3 is 2.40 bits per heavy atom. The lowest BCUT2D eigenvalue weighted by molar-refractivity contribution is -0.150. The number of hydrogen-bond acceptors (Lipinski definition) is 5. The van der Waals surface area contributed by atoms with Crippen molar-refractivity contribution in [1.29, 1.82) is 0 Å². The summed E-state index contributed by atoms with van der Waals surface area (Å²) in [6.07, 6.45) is 3.18. The molecule has 5 N–H and O–H groups in total. The highest BCUT2D eigenvalue weighted by Gasteiger charge is 2.29. The molecule has 6 heteroatoms. The molecule has 0 radical (unpaired) electrons. The van der Waals surface area contributed by atoms with Gasteiger partial charge in [-0.3, -0.25) is 9.59 Å². The average Bonchev–Trinajstić information content (AvgIpc) is 2.99. The summed E-state index contributed by atoms with van der Waals surface area (Å²) >= 11 is 0. The highest BCUT2D eigenvalue weighted by Crippen LogP contribution is 2.32. The molecule has 0 aromatic carbocycles. The molecule has 0 spiro atoms. The zero-order chi connectivity index (χ0) is 11.4. The number of carboxylic acid groups (broad SMARTS) is 1. The summed E-state index contributed by atoms with van der Waals surface area (Å²) in [5.41, 5.74) is 10.5. The van der Waals surface area contributed by atoms with Crippen molar-refractivity contribution in [1.82, 2.24) is 0 Å². The molecule has 1 saturated carbocycles. The molecule has 1 aliphatic rings. The van der Waals surface area contributed by atoms with Crippen molar-refractivity contribution >= 4 is 11.9 Å². The third-order valence-electron chi connectivity index (χ3n) is 2.41. The normalized spacial score (nSPS) is 19.3. The predicted molar refractivity (Wildman–Crippen MR) is 51.9 cm³/mol. The summed E-state index contributed by atoms with van der Waals surface area (Å²) in [6, 6.07) is -2.69. The molecule has 0 bridgehead atoms. The average molecular weight is 216 g/mol. The largest absolute Gasteiger partial charge is 0.480 e. The van der Waals surface area contributed by atoms with Crippen molar-refractivity contribution in [2.24, 2.45) is 17.4 Å². The molecule has 1 fully saturated rings. The van der Waals surface area contributed by atoms with Crippen LogP contribution in [0.3, 0.4) is 0 Å². The van der Waals surface area contributed by atoms with Gasteiger partial charge in [-0.05, 0) is 12.3 Å². The number of ether oxygens (including phenoxy) is 1. The maximum atomic E-state index is 11.2. The van der Waals surface area contributed by atoms with Crippen molar-refractivity contribution in [2.45, 2.75) is 31.3 Å². The second-order valence-electron chi connectivity index (χ2n) is 3.79. The van der Waals surface area contributed by atoms with Crippen molar-refractivity contribution < 1.29 is 19.4 Å². The molecule has 1 aliphatic carbocycles. The van der Waals surface area contributed by atoms with Gasteiger partial charge in [0.05, 0.1) is 6.61 Å². The Balaban J connectivity index is 2.21. The van der Waals surface area contributed by atoms with E-state index in [2.05, 4.69) is 0 Å². The number of carbonyl (C=O) groups is 2. The third kappa shape index (κ3) is 3.85. The van der Waals surface area contributed by atoms with Crippen LogP contribution >= 0.6 is 0 Å². The second kappa shape index (κ2) is 5.09. The van der Waals surface area contributed by atoms with E-state index in [-0.39, 0.29) is 0 Å². The van der Waals surface area contributed by atoms with Crippen LogP contribution in [0, 0.1) is 5.92 Å². The first-order chi connectivity index (χ1) is 7.02. The van der Waals surface area contributed by atoms with E-state index in [1.807, 2.05) is 0 Å². The Bertz CT molecular complexity index is 252. The Hall–Kier alpha value is -1.14.